The predicted molar refractivity (Wildman–Crippen MR) is 100.0 cm³/mol. The molecule has 2 aliphatic rings. The number of nitrogens with one attached hydrogen (secondary N) is 1. The van der Waals surface area contributed by atoms with Crippen molar-refractivity contribution in [1.82, 2.24) is 4.31 Å². The van der Waals surface area contributed by atoms with E-state index in [0.29, 0.717) is 24.5 Å². The van der Waals surface area contributed by atoms with Gasteiger partial charge in [-0.3, -0.25) is 4.79 Å². The lowest BCUT2D eigenvalue weighted by Gasteiger charge is -2.18. The normalized spacial score (nSPS) is 16.8. The number of hydrogen-bond donors (Lipinski definition) is 1. The summed E-state index contributed by atoms with van der Waals surface area (Å²) in [5, 5.41) is 2.65. The number of carbonyl (C=O) groups excluding carboxylic acids is 2. The number of benzene rings is 2. The highest BCUT2D eigenvalue weighted by atomic mass is 32.2. The lowest BCUT2D eigenvalue weighted by molar-refractivity contribution is -0.118. The SMILES string of the molecule is O=C1COc2cc(OC(=O)c3ccc(S(=O)(=O)N4CCCC4)cc3)ccc2N1. The maximum absolute atomic E-state index is 12.5. The quantitative estimate of drug-likeness (QED) is 0.620. The van der Waals surface area contributed by atoms with Crippen LogP contribution in [0.2, 0.25) is 0 Å². The summed E-state index contributed by atoms with van der Waals surface area (Å²) in [6.07, 6.45) is 1.72. The molecule has 1 fully saturated rings. The summed E-state index contributed by atoms with van der Waals surface area (Å²) in [5.74, 6) is -0.197. The van der Waals surface area contributed by atoms with E-state index in [-0.39, 0.29) is 28.7 Å². The van der Waals surface area contributed by atoms with E-state index in [0.717, 1.165) is 12.8 Å². The molecular formula is C19H18N2O6S. The highest BCUT2D eigenvalue weighted by molar-refractivity contribution is 7.89. The Kier molecular flexibility index (Phi) is 4.78. The molecule has 1 amide bonds. The smallest absolute Gasteiger partial charge is 0.343 e. The van der Waals surface area contributed by atoms with Crippen molar-refractivity contribution in [3.8, 4) is 11.5 Å². The molecule has 0 atom stereocenters. The molecule has 146 valence electrons. The number of carbonyl (C=O) groups is 2. The Morgan fingerprint density at radius 3 is 2.50 bits per heavy atom. The van der Waals surface area contributed by atoms with E-state index in [9.17, 15) is 18.0 Å². The van der Waals surface area contributed by atoms with Crippen molar-refractivity contribution in [2.45, 2.75) is 17.7 Å². The fraction of sp³-hybridized carbons (Fsp3) is 0.263. The second kappa shape index (κ2) is 7.25. The summed E-state index contributed by atoms with van der Waals surface area (Å²) in [6.45, 7) is 0.942. The van der Waals surface area contributed by atoms with Gasteiger partial charge in [0.2, 0.25) is 10.0 Å². The number of ether oxygens (including phenoxy) is 2. The maximum Gasteiger partial charge on any atom is 0.343 e. The fourth-order valence-electron chi connectivity index (χ4n) is 3.12. The Balaban J connectivity index is 1.47. The zero-order valence-electron chi connectivity index (χ0n) is 14.9. The highest BCUT2D eigenvalue weighted by Gasteiger charge is 2.27. The zero-order valence-corrected chi connectivity index (χ0v) is 15.7. The molecule has 1 saturated heterocycles. The first-order valence-electron chi connectivity index (χ1n) is 8.82. The number of rotatable bonds is 4. The van der Waals surface area contributed by atoms with E-state index in [1.165, 1.54) is 40.7 Å². The molecule has 0 saturated carbocycles. The molecule has 1 N–H and O–H groups in total. The van der Waals surface area contributed by atoms with Crippen LogP contribution in [0, 0.1) is 0 Å². The largest absolute Gasteiger partial charge is 0.481 e. The zero-order chi connectivity index (χ0) is 19.7. The van der Waals surface area contributed by atoms with E-state index < -0.39 is 16.0 Å². The lowest BCUT2D eigenvalue weighted by atomic mass is 10.2. The molecule has 2 heterocycles. The third-order valence-electron chi connectivity index (χ3n) is 4.59. The summed E-state index contributed by atoms with van der Waals surface area (Å²) < 4.78 is 37.1. The molecule has 0 bridgehead atoms. The average Bonchev–Trinajstić information content (AvgIpc) is 3.24. The minimum atomic E-state index is -3.52. The number of esters is 1. The van der Waals surface area contributed by atoms with Gasteiger partial charge >= 0.3 is 5.97 Å². The molecule has 4 rings (SSSR count). The topological polar surface area (TPSA) is 102 Å². The third kappa shape index (κ3) is 3.58. The minimum absolute atomic E-state index is 0.0998. The average molecular weight is 402 g/mol. The first-order chi connectivity index (χ1) is 13.4. The molecule has 2 aromatic carbocycles. The standard InChI is InChI=1S/C19H18N2O6S/c22-18-12-26-17-11-14(5-8-16(17)20-18)27-19(23)13-3-6-15(7-4-13)28(24,25)21-9-1-2-10-21/h3-8,11H,1-2,9-10,12H2,(H,20,22). The molecule has 0 radical (unpaired) electrons. The molecule has 0 aromatic heterocycles. The van der Waals surface area contributed by atoms with Crippen molar-refractivity contribution in [2.75, 3.05) is 25.0 Å². The molecule has 28 heavy (non-hydrogen) atoms. The van der Waals surface area contributed by atoms with Crippen molar-refractivity contribution < 1.29 is 27.5 Å². The summed E-state index contributed by atoms with van der Waals surface area (Å²) in [5.41, 5.74) is 0.736. The van der Waals surface area contributed by atoms with Crippen LogP contribution < -0.4 is 14.8 Å². The van der Waals surface area contributed by atoms with Crippen LogP contribution in [-0.2, 0) is 14.8 Å². The summed E-state index contributed by atoms with van der Waals surface area (Å²) in [7, 11) is -3.52. The van der Waals surface area contributed by atoms with Gasteiger partial charge in [0.1, 0.15) is 11.5 Å². The Hall–Kier alpha value is -2.91. The number of anilines is 1. The summed E-state index contributed by atoms with van der Waals surface area (Å²) >= 11 is 0. The number of sulfonamides is 1. The maximum atomic E-state index is 12.5. The third-order valence-corrected chi connectivity index (χ3v) is 6.50. The molecular weight excluding hydrogens is 384 g/mol. The van der Waals surface area contributed by atoms with E-state index >= 15 is 0 Å². The van der Waals surface area contributed by atoms with Crippen LogP contribution in [0.4, 0.5) is 5.69 Å². The number of amides is 1. The molecule has 9 heteroatoms. The van der Waals surface area contributed by atoms with Crippen LogP contribution >= 0.6 is 0 Å². The number of hydrogen-bond acceptors (Lipinski definition) is 6. The van der Waals surface area contributed by atoms with Gasteiger partial charge in [-0.15, -0.1) is 0 Å². The van der Waals surface area contributed by atoms with E-state index in [4.69, 9.17) is 9.47 Å². The van der Waals surface area contributed by atoms with Crippen LogP contribution in [0.3, 0.4) is 0 Å². The monoisotopic (exact) mass is 402 g/mol. The van der Waals surface area contributed by atoms with Gasteiger partial charge in [0.05, 0.1) is 16.1 Å². The van der Waals surface area contributed by atoms with Gasteiger partial charge in [0, 0.05) is 19.2 Å². The van der Waals surface area contributed by atoms with Crippen molar-refractivity contribution in [2.24, 2.45) is 0 Å². The number of nitrogens with zero attached hydrogens (tertiary/aromatic N) is 1. The van der Waals surface area contributed by atoms with Gasteiger partial charge in [0.15, 0.2) is 6.61 Å². The second-order valence-electron chi connectivity index (χ2n) is 6.52. The van der Waals surface area contributed by atoms with Crippen molar-refractivity contribution in [3.05, 3.63) is 48.0 Å². The van der Waals surface area contributed by atoms with Crippen molar-refractivity contribution in [1.29, 1.82) is 0 Å². The first-order valence-corrected chi connectivity index (χ1v) is 10.3. The van der Waals surface area contributed by atoms with E-state index in [1.54, 1.807) is 6.07 Å². The molecule has 0 spiro atoms. The first kappa shape index (κ1) is 18.5. The van der Waals surface area contributed by atoms with Crippen LogP contribution in [0.1, 0.15) is 23.2 Å². The van der Waals surface area contributed by atoms with Crippen molar-refractivity contribution in [3.63, 3.8) is 0 Å². The minimum Gasteiger partial charge on any atom is -0.481 e. The van der Waals surface area contributed by atoms with Gasteiger partial charge < -0.3 is 14.8 Å². The van der Waals surface area contributed by atoms with Crippen molar-refractivity contribution >= 4 is 27.6 Å². The molecule has 2 aromatic rings. The van der Waals surface area contributed by atoms with E-state index in [1.807, 2.05) is 0 Å². The van der Waals surface area contributed by atoms with Gasteiger partial charge in [-0.2, -0.15) is 4.31 Å². The summed E-state index contributed by atoms with van der Waals surface area (Å²) in [4.78, 5) is 23.8. The lowest BCUT2D eigenvalue weighted by Crippen LogP contribution is -2.27. The highest BCUT2D eigenvalue weighted by Crippen LogP contribution is 2.32. The van der Waals surface area contributed by atoms with Gasteiger partial charge in [-0.1, -0.05) is 0 Å². The van der Waals surface area contributed by atoms with Gasteiger partial charge in [0.25, 0.3) is 5.91 Å². The van der Waals surface area contributed by atoms with Crippen LogP contribution in [0.5, 0.6) is 11.5 Å². The fourth-order valence-corrected chi connectivity index (χ4v) is 4.64. The molecule has 2 aliphatic heterocycles. The molecule has 0 unspecified atom stereocenters. The summed E-state index contributed by atoms with van der Waals surface area (Å²) in [6, 6.07) is 10.3. The second-order valence-corrected chi connectivity index (χ2v) is 8.46. The van der Waals surface area contributed by atoms with E-state index in [2.05, 4.69) is 5.32 Å². The van der Waals surface area contributed by atoms with Crippen LogP contribution in [0.25, 0.3) is 0 Å². The molecule has 8 nitrogen and oxygen atoms in total. The Bertz CT molecular complexity index is 1030. The van der Waals surface area contributed by atoms with Crippen LogP contribution in [0.15, 0.2) is 47.4 Å². The Morgan fingerprint density at radius 1 is 1.07 bits per heavy atom. The van der Waals surface area contributed by atoms with Crippen LogP contribution in [-0.4, -0.2) is 44.3 Å². The Morgan fingerprint density at radius 2 is 1.79 bits per heavy atom. The predicted octanol–water partition coefficient (Wildman–Crippen LogP) is 2.02. The molecule has 0 aliphatic carbocycles. The van der Waals surface area contributed by atoms with Gasteiger partial charge in [-0.25, -0.2) is 13.2 Å². The Labute approximate surface area is 162 Å². The van der Waals surface area contributed by atoms with Gasteiger partial charge in [-0.05, 0) is 49.2 Å². The number of fused-ring (bicyclic) bond motifs is 1.